The van der Waals surface area contributed by atoms with Crippen LogP contribution in [0.5, 0.6) is 0 Å². The van der Waals surface area contributed by atoms with Gasteiger partial charge in [-0.15, -0.1) is 0 Å². The van der Waals surface area contributed by atoms with Gasteiger partial charge in [0.15, 0.2) is 0 Å². The largest absolute Gasteiger partial charge is 0.394 e. The van der Waals surface area contributed by atoms with Crippen molar-refractivity contribution in [3.63, 3.8) is 0 Å². The van der Waals surface area contributed by atoms with Gasteiger partial charge in [0.2, 0.25) is 0 Å². The minimum Gasteiger partial charge on any atom is -0.394 e. The van der Waals surface area contributed by atoms with E-state index in [4.69, 9.17) is 0 Å². The second kappa shape index (κ2) is 5.59. The Kier molecular flexibility index (Phi) is 3.65. The molecule has 1 aromatic heterocycles. The zero-order chi connectivity index (χ0) is 13.9. The number of aliphatic hydroxyl groups is 1. The number of piperidine rings is 1. The van der Waals surface area contributed by atoms with E-state index < -0.39 is 0 Å². The lowest BCUT2D eigenvalue weighted by atomic mass is 10.0. The Bertz CT molecular complexity index is 621. The number of aliphatic hydroxyl groups excluding tert-OH is 1. The van der Waals surface area contributed by atoms with E-state index in [0.29, 0.717) is 12.2 Å². The summed E-state index contributed by atoms with van der Waals surface area (Å²) in [5.74, 6) is -0.0689. The summed E-state index contributed by atoms with van der Waals surface area (Å²) in [6, 6.07) is 9.61. The van der Waals surface area contributed by atoms with E-state index in [1.165, 1.54) is 0 Å². The number of likely N-dealkylation sites (tertiary alicyclic amines) is 1. The van der Waals surface area contributed by atoms with Gasteiger partial charge in [-0.05, 0) is 30.7 Å². The lowest BCUT2D eigenvalue weighted by Crippen LogP contribution is -2.45. The highest BCUT2D eigenvalue weighted by molar-refractivity contribution is 6.05. The van der Waals surface area contributed by atoms with Crippen LogP contribution in [-0.2, 0) is 0 Å². The van der Waals surface area contributed by atoms with Gasteiger partial charge in [-0.1, -0.05) is 24.3 Å². The molecule has 1 fully saturated rings. The summed E-state index contributed by atoms with van der Waals surface area (Å²) in [6.45, 7) is 0.728. The van der Waals surface area contributed by atoms with Gasteiger partial charge < -0.3 is 10.0 Å². The normalized spacial score (nSPS) is 19.2. The Hall–Kier alpha value is -1.94. The fraction of sp³-hybridized carbons (Fsp3) is 0.375. The van der Waals surface area contributed by atoms with Crippen LogP contribution in [0.1, 0.15) is 29.8 Å². The first-order valence-corrected chi connectivity index (χ1v) is 7.07. The molecule has 0 radical (unpaired) electrons. The molecule has 2 heterocycles. The molecule has 3 rings (SSSR count). The van der Waals surface area contributed by atoms with Crippen molar-refractivity contribution in [1.29, 1.82) is 0 Å². The molecule has 0 spiro atoms. The Morgan fingerprint density at radius 3 is 3.00 bits per heavy atom. The van der Waals surface area contributed by atoms with E-state index >= 15 is 0 Å². The number of rotatable bonds is 2. The third kappa shape index (κ3) is 2.27. The van der Waals surface area contributed by atoms with Gasteiger partial charge in [0.25, 0.3) is 5.91 Å². The highest BCUT2D eigenvalue weighted by Crippen LogP contribution is 2.22. The summed E-state index contributed by atoms with van der Waals surface area (Å²) < 4.78 is 0. The zero-order valence-corrected chi connectivity index (χ0v) is 11.3. The molecule has 1 N–H and O–H groups in total. The number of aromatic nitrogens is 1. The molecular weight excluding hydrogens is 252 g/mol. The molecule has 1 aliphatic rings. The maximum absolute atomic E-state index is 12.7. The number of carbonyl (C=O) groups is 1. The van der Waals surface area contributed by atoms with Gasteiger partial charge in [0, 0.05) is 18.1 Å². The molecule has 0 saturated carbocycles. The Morgan fingerprint density at radius 2 is 2.15 bits per heavy atom. The quantitative estimate of drug-likeness (QED) is 0.910. The predicted octanol–water partition coefficient (Wildman–Crippen LogP) is 2.22. The van der Waals surface area contributed by atoms with Crippen LogP contribution in [-0.4, -0.2) is 40.1 Å². The summed E-state index contributed by atoms with van der Waals surface area (Å²) in [5, 5.41) is 11.4. The third-order valence-corrected chi connectivity index (χ3v) is 3.97. The second-order valence-corrected chi connectivity index (χ2v) is 5.21. The van der Waals surface area contributed by atoms with Crippen LogP contribution in [0.2, 0.25) is 0 Å². The number of carbonyl (C=O) groups excluding carboxylic acids is 1. The van der Waals surface area contributed by atoms with E-state index in [0.717, 1.165) is 30.0 Å². The van der Waals surface area contributed by atoms with Gasteiger partial charge in [-0.2, -0.15) is 0 Å². The molecule has 1 unspecified atom stereocenters. The first-order chi connectivity index (χ1) is 9.81. The molecule has 0 aliphatic carbocycles. The van der Waals surface area contributed by atoms with Gasteiger partial charge in [0.1, 0.15) is 5.69 Å². The van der Waals surface area contributed by atoms with Crippen molar-refractivity contribution >= 4 is 16.7 Å². The molecule has 2 aromatic rings. The topological polar surface area (TPSA) is 53.4 Å². The van der Waals surface area contributed by atoms with Gasteiger partial charge >= 0.3 is 0 Å². The summed E-state index contributed by atoms with van der Waals surface area (Å²) in [7, 11) is 0. The van der Waals surface area contributed by atoms with Crippen molar-refractivity contribution in [2.75, 3.05) is 13.2 Å². The maximum Gasteiger partial charge on any atom is 0.273 e. The third-order valence-electron chi connectivity index (χ3n) is 3.97. The fourth-order valence-corrected chi connectivity index (χ4v) is 2.88. The van der Waals surface area contributed by atoms with E-state index in [-0.39, 0.29) is 18.6 Å². The molecule has 104 valence electrons. The lowest BCUT2D eigenvalue weighted by Gasteiger charge is -2.34. The summed E-state index contributed by atoms with van der Waals surface area (Å²) in [6.07, 6.45) is 4.60. The maximum atomic E-state index is 12.7. The molecule has 4 nitrogen and oxygen atoms in total. The average molecular weight is 270 g/mol. The Labute approximate surface area is 118 Å². The molecule has 1 aliphatic heterocycles. The Balaban J connectivity index is 1.99. The molecule has 1 amide bonds. The number of fused-ring (bicyclic) bond motifs is 1. The Morgan fingerprint density at radius 1 is 1.30 bits per heavy atom. The number of nitrogens with zero attached hydrogens (tertiary/aromatic N) is 2. The minimum atomic E-state index is -0.0722. The van der Waals surface area contributed by atoms with Gasteiger partial charge in [-0.25, -0.2) is 0 Å². The molecule has 1 saturated heterocycles. The van der Waals surface area contributed by atoms with Crippen LogP contribution in [0.3, 0.4) is 0 Å². The van der Waals surface area contributed by atoms with Gasteiger partial charge in [0.05, 0.1) is 12.6 Å². The van der Waals surface area contributed by atoms with Crippen LogP contribution < -0.4 is 0 Å². The molecule has 4 heteroatoms. The van der Waals surface area contributed by atoms with Crippen molar-refractivity contribution in [3.8, 4) is 0 Å². The van der Waals surface area contributed by atoms with Crippen molar-refractivity contribution < 1.29 is 9.90 Å². The van der Waals surface area contributed by atoms with E-state index in [9.17, 15) is 9.90 Å². The van der Waals surface area contributed by atoms with Crippen molar-refractivity contribution in [3.05, 3.63) is 42.2 Å². The van der Waals surface area contributed by atoms with Crippen molar-refractivity contribution in [1.82, 2.24) is 9.88 Å². The predicted molar refractivity (Wildman–Crippen MR) is 77.5 cm³/mol. The van der Waals surface area contributed by atoms with E-state index in [1.54, 1.807) is 11.1 Å². The van der Waals surface area contributed by atoms with E-state index in [2.05, 4.69) is 4.98 Å². The first kappa shape index (κ1) is 13.1. The zero-order valence-electron chi connectivity index (χ0n) is 11.3. The summed E-state index contributed by atoms with van der Waals surface area (Å²) in [5.41, 5.74) is 0.489. The minimum absolute atomic E-state index is 0.0243. The summed E-state index contributed by atoms with van der Waals surface area (Å²) in [4.78, 5) is 18.8. The fourth-order valence-electron chi connectivity index (χ4n) is 2.88. The molecule has 1 aromatic carbocycles. The average Bonchev–Trinajstić information content (AvgIpc) is 2.53. The summed E-state index contributed by atoms with van der Waals surface area (Å²) >= 11 is 0. The molecular formula is C16H18N2O2. The van der Waals surface area contributed by atoms with Crippen LogP contribution in [0.15, 0.2) is 36.5 Å². The number of hydrogen-bond acceptors (Lipinski definition) is 3. The molecule has 0 bridgehead atoms. The van der Waals surface area contributed by atoms with Crippen molar-refractivity contribution in [2.24, 2.45) is 0 Å². The standard InChI is InChI=1S/C16H18N2O2/c19-11-13-6-3-4-10-18(13)16(20)15-14-7-2-1-5-12(14)8-9-17-15/h1-2,5,7-9,13,19H,3-4,6,10-11H2. The first-order valence-electron chi connectivity index (χ1n) is 7.07. The lowest BCUT2D eigenvalue weighted by molar-refractivity contribution is 0.0499. The second-order valence-electron chi connectivity index (χ2n) is 5.21. The van der Waals surface area contributed by atoms with Crippen LogP contribution >= 0.6 is 0 Å². The van der Waals surface area contributed by atoms with Crippen molar-refractivity contribution in [2.45, 2.75) is 25.3 Å². The molecule has 20 heavy (non-hydrogen) atoms. The van der Waals surface area contributed by atoms with E-state index in [1.807, 2.05) is 30.3 Å². The number of pyridine rings is 1. The van der Waals surface area contributed by atoms with Gasteiger partial charge in [-0.3, -0.25) is 9.78 Å². The monoisotopic (exact) mass is 270 g/mol. The smallest absolute Gasteiger partial charge is 0.273 e. The number of amides is 1. The van der Waals surface area contributed by atoms with Crippen LogP contribution in [0, 0.1) is 0 Å². The van der Waals surface area contributed by atoms with Crippen LogP contribution in [0.25, 0.3) is 10.8 Å². The highest BCUT2D eigenvalue weighted by atomic mass is 16.3. The number of benzene rings is 1. The highest BCUT2D eigenvalue weighted by Gasteiger charge is 2.28. The SMILES string of the molecule is O=C(c1nccc2ccccc12)N1CCCCC1CO. The number of hydrogen-bond donors (Lipinski definition) is 1. The molecule has 1 atom stereocenters. The van der Waals surface area contributed by atoms with Crippen LogP contribution in [0.4, 0.5) is 0 Å².